The summed E-state index contributed by atoms with van der Waals surface area (Å²) >= 11 is 0. The Morgan fingerprint density at radius 3 is 2.69 bits per heavy atom. The average Bonchev–Trinajstić information content (AvgIpc) is 2.30. The lowest BCUT2D eigenvalue weighted by Gasteiger charge is -2.02. The van der Waals surface area contributed by atoms with Crippen LogP contribution in [0.1, 0.15) is 11.4 Å². The maximum absolute atomic E-state index is 10.4. The average molecular weight is 184 g/mol. The molecule has 0 fully saturated rings. The molecule has 0 bridgehead atoms. The maximum Gasteiger partial charge on any atom is 0.320 e. The van der Waals surface area contributed by atoms with Crippen molar-refractivity contribution in [1.82, 2.24) is 15.0 Å². The molecule has 0 saturated heterocycles. The number of aromatic nitrogens is 3. The van der Waals surface area contributed by atoms with Gasteiger partial charge < -0.3 is 10.8 Å². The largest absolute Gasteiger partial charge is 0.480 e. The van der Waals surface area contributed by atoms with E-state index < -0.39 is 12.0 Å². The van der Waals surface area contributed by atoms with E-state index in [0.717, 1.165) is 5.69 Å². The molecule has 6 nitrogen and oxygen atoms in total. The molecule has 1 aromatic heterocycles. The van der Waals surface area contributed by atoms with Crippen molar-refractivity contribution in [1.29, 1.82) is 0 Å². The van der Waals surface area contributed by atoms with Crippen LogP contribution in [0, 0.1) is 6.92 Å². The first-order valence-electron chi connectivity index (χ1n) is 3.86. The number of nitrogens with two attached hydrogens (primary N) is 1. The molecule has 13 heavy (non-hydrogen) atoms. The smallest absolute Gasteiger partial charge is 0.320 e. The molecule has 6 heteroatoms. The highest BCUT2D eigenvalue weighted by Crippen LogP contribution is 2.02. The van der Waals surface area contributed by atoms with Gasteiger partial charge in [-0.25, -0.2) is 0 Å². The lowest BCUT2D eigenvalue weighted by atomic mass is 10.1. The molecule has 1 rings (SSSR count). The first-order chi connectivity index (χ1) is 6.00. The molecule has 1 unspecified atom stereocenters. The van der Waals surface area contributed by atoms with Crippen molar-refractivity contribution in [2.24, 2.45) is 12.8 Å². The van der Waals surface area contributed by atoms with Gasteiger partial charge in [0.25, 0.3) is 0 Å². The number of carbonyl (C=O) groups is 1. The second kappa shape index (κ2) is 3.53. The summed E-state index contributed by atoms with van der Waals surface area (Å²) in [5, 5.41) is 16.5. The zero-order valence-corrected chi connectivity index (χ0v) is 7.56. The second-order valence-corrected chi connectivity index (χ2v) is 2.87. The third-order valence-corrected chi connectivity index (χ3v) is 1.71. The minimum absolute atomic E-state index is 0.217. The van der Waals surface area contributed by atoms with Crippen LogP contribution in [0.15, 0.2) is 0 Å². The Hall–Kier alpha value is -1.43. The molecular weight excluding hydrogens is 172 g/mol. The van der Waals surface area contributed by atoms with Crippen molar-refractivity contribution in [2.75, 3.05) is 0 Å². The molecule has 0 aliphatic heterocycles. The maximum atomic E-state index is 10.4. The van der Waals surface area contributed by atoms with Gasteiger partial charge in [0, 0.05) is 13.5 Å². The molecule has 1 heterocycles. The Bertz CT molecular complexity index is 320. The summed E-state index contributed by atoms with van der Waals surface area (Å²) in [5.74, 6) is -1.02. The van der Waals surface area contributed by atoms with Gasteiger partial charge in [-0.1, -0.05) is 0 Å². The van der Waals surface area contributed by atoms with Crippen LogP contribution >= 0.6 is 0 Å². The van der Waals surface area contributed by atoms with E-state index in [9.17, 15) is 4.79 Å². The molecule has 0 amide bonds. The Morgan fingerprint density at radius 2 is 2.31 bits per heavy atom. The van der Waals surface area contributed by atoms with Crippen LogP contribution in [0.3, 0.4) is 0 Å². The van der Waals surface area contributed by atoms with E-state index in [1.54, 1.807) is 14.0 Å². The fourth-order valence-corrected chi connectivity index (χ4v) is 1.03. The number of nitrogens with zero attached hydrogens (tertiary/aromatic N) is 3. The van der Waals surface area contributed by atoms with Gasteiger partial charge >= 0.3 is 5.97 Å². The predicted molar refractivity (Wildman–Crippen MR) is 45.1 cm³/mol. The Labute approximate surface area is 75.3 Å². The zero-order valence-electron chi connectivity index (χ0n) is 7.56. The van der Waals surface area contributed by atoms with Gasteiger partial charge in [-0.05, 0) is 6.92 Å². The van der Waals surface area contributed by atoms with Crippen LogP contribution in [0.5, 0.6) is 0 Å². The molecule has 72 valence electrons. The SMILES string of the molecule is Cc1nn(C)nc1CC(N)C(=O)O. The quantitative estimate of drug-likeness (QED) is 0.633. The molecule has 3 N–H and O–H groups in total. The topological polar surface area (TPSA) is 94.0 Å². The Morgan fingerprint density at radius 1 is 1.69 bits per heavy atom. The van der Waals surface area contributed by atoms with Crippen LogP contribution in [0.2, 0.25) is 0 Å². The van der Waals surface area contributed by atoms with Crippen molar-refractivity contribution < 1.29 is 9.90 Å². The Kier molecular flexibility index (Phi) is 2.62. The summed E-state index contributed by atoms with van der Waals surface area (Å²) < 4.78 is 0. The summed E-state index contributed by atoms with van der Waals surface area (Å²) in [4.78, 5) is 11.8. The first-order valence-corrected chi connectivity index (χ1v) is 3.86. The van der Waals surface area contributed by atoms with Crippen molar-refractivity contribution in [3.63, 3.8) is 0 Å². The van der Waals surface area contributed by atoms with Crippen molar-refractivity contribution in [3.05, 3.63) is 11.4 Å². The van der Waals surface area contributed by atoms with E-state index in [0.29, 0.717) is 5.69 Å². The summed E-state index contributed by atoms with van der Waals surface area (Å²) in [5.41, 5.74) is 6.71. The number of aryl methyl sites for hydroxylation is 2. The second-order valence-electron chi connectivity index (χ2n) is 2.87. The van der Waals surface area contributed by atoms with Gasteiger partial charge in [0.15, 0.2) is 0 Å². The number of hydrogen-bond donors (Lipinski definition) is 2. The molecule has 0 aliphatic carbocycles. The molecular formula is C7H12N4O2. The van der Waals surface area contributed by atoms with E-state index in [-0.39, 0.29) is 6.42 Å². The molecule has 1 aromatic rings. The predicted octanol–water partition coefficient (Wildman–Crippen LogP) is -0.922. The number of aliphatic carboxylic acids is 1. The molecule has 1 atom stereocenters. The van der Waals surface area contributed by atoms with Crippen LogP contribution < -0.4 is 5.73 Å². The third-order valence-electron chi connectivity index (χ3n) is 1.71. The summed E-state index contributed by atoms with van der Waals surface area (Å²) in [6.07, 6.45) is 0.217. The van der Waals surface area contributed by atoms with Gasteiger partial charge in [0.2, 0.25) is 0 Å². The summed E-state index contributed by atoms with van der Waals surface area (Å²) in [6.45, 7) is 1.77. The highest BCUT2D eigenvalue weighted by atomic mass is 16.4. The molecule has 0 aromatic carbocycles. The van der Waals surface area contributed by atoms with E-state index in [1.807, 2.05) is 0 Å². The van der Waals surface area contributed by atoms with Gasteiger partial charge in [0.05, 0.1) is 11.4 Å². The van der Waals surface area contributed by atoms with E-state index >= 15 is 0 Å². The monoisotopic (exact) mass is 184 g/mol. The van der Waals surface area contributed by atoms with Gasteiger partial charge in [-0.15, -0.1) is 0 Å². The van der Waals surface area contributed by atoms with Crippen LogP contribution in [-0.2, 0) is 18.3 Å². The highest BCUT2D eigenvalue weighted by Gasteiger charge is 2.16. The first kappa shape index (κ1) is 9.66. The number of rotatable bonds is 3. The fraction of sp³-hybridized carbons (Fsp3) is 0.571. The minimum Gasteiger partial charge on any atom is -0.480 e. The summed E-state index contributed by atoms with van der Waals surface area (Å²) in [7, 11) is 1.68. The van der Waals surface area contributed by atoms with Gasteiger partial charge in [0.1, 0.15) is 6.04 Å². The van der Waals surface area contributed by atoms with Crippen molar-refractivity contribution in [3.8, 4) is 0 Å². The van der Waals surface area contributed by atoms with E-state index in [1.165, 1.54) is 4.80 Å². The number of carboxylic acids is 1. The third kappa shape index (κ3) is 2.25. The lowest BCUT2D eigenvalue weighted by Crippen LogP contribution is -2.32. The fourth-order valence-electron chi connectivity index (χ4n) is 1.03. The van der Waals surface area contributed by atoms with Crippen molar-refractivity contribution in [2.45, 2.75) is 19.4 Å². The Balaban J connectivity index is 2.74. The minimum atomic E-state index is -1.02. The van der Waals surface area contributed by atoms with Gasteiger partial charge in [-0.2, -0.15) is 15.0 Å². The molecule has 0 radical (unpaired) electrons. The highest BCUT2D eigenvalue weighted by molar-refractivity contribution is 5.73. The van der Waals surface area contributed by atoms with Crippen LogP contribution in [0.25, 0.3) is 0 Å². The normalized spacial score (nSPS) is 12.8. The van der Waals surface area contributed by atoms with E-state index in [2.05, 4.69) is 10.2 Å². The zero-order chi connectivity index (χ0) is 10.0. The summed E-state index contributed by atoms with van der Waals surface area (Å²) in [6, 6.07) is -0.907. The molecule has 0 aliphatic rings. The standard InChI is InChI=1S/C7H12N4O2/c1-4-6(10-11(2)9-4)3-5(8)7(12)13/h5H,3,8H2,1-2H3,(H,12,13). The van der Waals surface area contributed by atoms with Gasteiger partial charge in [-0.3, -0.25) is 4.79 Å². The molecule has 0 spiro atoms. The van der Waals surface area contributed by atoms with Crippen molar-refractivity contribution >= 4 is 5.97 Å². The lowest BCUT2D eigenvalue weighted by molar-refractivity contribution is -0.138. The number of hydrogen-bond acceptors (Lipinski definition) is 4. The van der Waals surface area contributed by atoms with E-state index in [4.69, 9.17) is 10.8 Å². The van der Waals surface area contributed by atoms with Crippen LogP contribution in [-0.4, -0.2) is 32.1 Å². The van der Waals surface area contributed by atoms with Crippen LogP contribution in [0.4, 0.5) is 0 Å². The number of carboxylic acid groups (broad SMARTS) is 1. The molecule has 0 saturated carbocycles.